The van der Waals surface area contributed by atoms with Crippen molar-refractivity contribution in [2.75, 3.05) is 11.6 Å². The van der Waals surface area contributed by atoms with E-state index in [4.69, 9.17) is 4.74 Å². The summed E-state index contributed by atoms with van der Waals surface area (Å²) in [5.74, 6) is 0.595. The molecule has 126 valence electrons. The Kier molecular flexibility index (Phi) is 5.30. The highest BCUT2D eigenvalue weighted by molar-refractivity contribution is 7.84. The first kappa shape index (κ1) is 16.7. The van der Waals surface area contributed by atoms with E-state index < -0.39 is 10.8 Å². The van der Waals surface area contributed by atoms with Crippen molar-refractivity contribution in [2.45, 2.75) is 36.7 Å². The number of amides is 1. The van der Waals surface area contributed by atoms with Gasteiger partial charge in [-0.1, -0.05) is 6.07 Å². The van der Waals surface area contributed by atoms with Crippen molar-refractivity contribution in [1.29, 1.82) is 0 Å². The zero-order valence-electron chi connectivity index (χ0n) is 13.7. The lowest BCUT2D eigenvalue weighted by Crippen LogP contribution is -2.13. The predicted octanol–water partition coefficient (Wildman–Crippen LogP) is 4.00. The third kappa shape index (κ3) is 4.23. The van der Waals surface area contributed by atoms with Gasteiger partial charge in [-0.3, -0.25) is 9.00 Å². The molecular formula is C19H21NO3S. The van der Waals surface area contributed by atoms with E-state index in [1.54, 1.807) is 30.5 Å². The van der Waals surface area contributed by atoms with Crippen LogP contribution in [0.5, 0.6) is 5.75 Å². The van der Waals surface area contributed by atoms with E-state index >= 15 is 0 Å². The van der Waals surface area contributed by atoms with Crippen LogP contribution in [-0.2, 0) is 10.8 Å². The molecule has 0 spiro atoms. The second-order valence-corrected chi connectivity index (χ2v) is 7.36. The molecule has 0 heterocycles. The van der Waals surface area contributed by atoms with Crippen molar-refractivity contribution in [3.8, 4) is 5.75 Å². The van der Waals surface area contributed by atoms with Gasteiger partial charge in [0.25, 0.3) is 5.91 Å². The molecule has 1 amide bonds. The van der Waals surface area contributed by atoms with Crippen molar-refractivity contribution in [2.24, 2.45) is 0 Å². The second kappa shape index (κ2) is 7.62. The largest absolute Gasteiger partial charge is 0.490 e. The average Bonchev–Trinajstić information content (AvgIpc) is 3.08. The van der Waals surface area contributed by atoms with Gasteiger partial charge < -0.3 is 10.1 Å². The van der Waals surface area contributed by atoms with E-state index in [9.17, 15) is 9.00 Å². The van der Waals surface area contributed by atoms with Crippen LogP contribution < -0.4 is 10.1 Å². The molecule has 0 radical (unpaired) electrons. The van der Waals surface area contributed by atoms with Gasteiger partial charge >= 0.3 is 0 Å². The van der Waals surface area contributed by atoms with E-state index in [-0.39, 0.29) is 5.91 Å². The standard InChI is InChI=1S/C19H21NO3S/c1-24(22)18-11-9-14(10-12-18)19(21)20-15-5-4-8-17(13-15)23-16-6-2-3-7-16/h4-5,8-13,16H,2-3,6-7H2,1H3,(H,20,21). The number of benzene rings is 2. The number of carbonyl (C=O) groups excluding carboxylic acids is 1. The molecular weight excluding hydrogens is 322 g/mol. The van der Waals surface area contributed by atoms with Gasteiger partial charge in [-0.15, -0.1) is 0 Å². The van der Waals surface area contributed by atoms with Gasteiger partial charge in [0, 0.05) is 39.3 Å². The Morgan fingerprint density at radius 3 is 2.50 bits per heavy atom. The fraction of sp³-hybridized carbons (Fsp3) is 0.316. The summed E-state index contributed by atoms with van der Waals surface area (Å²) in [6, 6.07) is 14.3. The molecule has 24 heavy (non-hydrogen) atoms. The lowest BCUT2D eigenvalue weighted by atomic mass is 10.2. The third-order valence-corrected chi connectivity index (χ3v) is 5.08. The summed E-state index contributed by atoms with van der Waals surface area (Å²) >= 11 is 0. The van der Waals surface area contributed by atoms with E-state index in [2.05, 4.69) is 5.32 Å². The van der Waals surface area contributed by atoms with Crippen LogP contribution in [0.2, 0.25) is 0 Å². The first-order valence-electron chi connectivity index (χ1n) is 8.13. The molecule has 1 N–H and O–H groups in total. The summed E-state index contributed by atoms with van der Waals surface area (Å²) in [4.78, 5) is 13.0. The predicted molar refractivity (Wildman–Crippen MR) is 96.1 cm³/mol. The molecule has 2 aromatic carbocycles. The van der Waals surface area contributed by atoms with Crippen molar-refractivity contribution >= 4 is 22.4 Å². The monoisotopic (exact) mass is 343 g/mol. The Bertz CT molecular complexity index is 737. The number of hydrogen-bond donors (Lipinski definition) is 1. The molecule has 1 atom stereocenters. The van der Waals surface area contributed by atoms with Crippen LogP contribution in [0.25, 0.3) is 0 Å². The van der Waals surface area contributed by atoms with Crippen LogP contribution in [0.15, 0.2) is 53.4 Å². The normalized spacial score (nSPS) is 15.9. The maximum absolute atomic E-state index is 12.3. The number of nitrogens with one attached hydrogen (secondary N) is 1. The van der Waals surface area contributed by atoms with Gasteiger partial charge in [0.2, 0.25) is 0 Å². The highest BCUT2D eigenvalue weighted by atomic mass is 32.2. The first-order valence-corrected chi connectivity index (χ1v) is 9.69. The summed E-state index contributed by atoms with van der Waals surface area (Å²) in [7, 11) is -1.04. The SMILES string of the molecule is CS(=O)c1ccc(C(=O)Nc2cccc(OC3CCCC3)c2)cc1. The molecule has 1 saturated carbocycles. The molecule has 1 unspecified atom stereocenters. The maximum Gasteiger partial charge on any atom is 0.255 e. The quantitative estimate of drug-likeness (QED) is 0.893. The number of rotatable bonds is 5. The topological polar surface area (TPSA) is 55.4 Å². The molecule has 1 fully saturated rings. The van der Waals surface area contributed by atoms with E-state index in [1.165, 1.54) is 12.8 Å². The Labute approximate surface area is 144 Å². The highest BCUT2D eigenvalue weighted by Gasteiger charge is 2.16. The molecule has 0 aromatic heterocycles. The molecule has 1 aliphatic carbocycles. The zero-order chi connectivity index (χ0) is 16.9. The molecule has 3 rings (SSSR count). The minimum Gasteiger partial charge on any atom is -0.490 e. The van der Waals surface area contributed by atoms with Crippen LogP contribution in [0.4, 0.5) is 5.69 Å². The highest BCUT2D eigenvalue weighted by Crippen LogP contribution is 2.26. The molecule has 1 aliphatic rings. The van der Waals surface area contributed by atoms with Crippen molar-refractivity contribution < 1.29 is 13.7 Å². The number of anilines is 1. The van der Waals surface area contributed by atoms with Crippen molar-refractivity contribution in [3.05, 3.63) is 54.1 Å². The van der Waals surface area contributed by atoms with E-state index in [1.807, 2.05) is 24.3 Å². The molecule has 5 heteroatoms. The number of ether oxygens (including phenoxy) is 1. The van der Waals surface area contributed by atoms with Gasteiger partial charge in [0.15, 0.2) is 0 Å². The lowest BCUT2D eigenvalue weighted by molar-refractivity contribution is 0.102. The third-order valence-electron chi connectivity index (χ3n) is 4.15. The smallest absolute Gasteiger partial charge is 0.255 e. The molecule has 4 nitrogen and oxygen atoms in total. The van der Waals surface area contributed by atoms with E-state index in [0.717, 1.165) is 18.6 Å². The Hall–Kier alpha value is -2.14. The minimum absolute atomic E-state index is 0.193. The Morgan fingerprint density at radius 2 is 1.83 bits per heavy atom. The summed E-state index contributed by atoms with van der Waals surface area (Å²) in [6.45, 7) is 0. The van der Waals surface area contributed by atoms with Crippen LogP contribution in [0.3, 0.4) is 0 Å². The maximum atomic E-state index is 12.3. The average molecular weight is 343 g/mol. The summed E-state index contributed by atoms with van der Waals surface area (Å²) in [5, 5.41) is 2.88. The minimum atomic E-state index is -1.04. The van der Waals surface area contributed by atoms with Crippen LogP contribution in [0, 0.1) is 0 Å². The van der Waals surface area contributed by atoms with Crippen LogP contribution in [0.1, 0.15) is 36.0 Å². The van der Waals surface area contributed by atoms with Gasteiger partial charge in [-0.05, 0) is 62.1 Å². The summed E-state index contributed by atoms with van der Waals surface area (Å²) in [5.41, 5.74) is 1.24. The fourth-order valence-electron chi connectivity index (χ4n) is 2.85. The van der Waals surface area contributed by atoms with Crippen LogP contribution >= 0.6 is 0 Å². The van der Waals surface area contributed by atoms with E-state index in [0.29, 0.717) is 22.3 Å². The lowest BCUT2D eigenvalue weighted by Gasteiger charge is -2.14. The zero-order valence-corrected chi connectivity index (χ0v) is 14.5. The molecule has 2 aromatic rings. The molecule has 0 bridgehead atoms. The number of hydrogen-bond acceptors (Lipinski definition) is 3. The van der Waals surface area contributed by atoms with Crippen molar-refractivity contribution in [3.63, 3.8) is 0 Å². The molecule has 0 saturated heterocycles. The fourth-order valence-corrected chi connectivity index (χ4v) is 3.37. The number of carbonyl (C=O) groups is 1. The second-order valence-electron chi connectivity index (χ2n) is 5.98. The van der Waals surface area contributed by atoms with Gasteiger partial charge in [-0.25, -0.2) is 0 Å². The Morgan fingerprint density at radius 1 is 1.12 bits per heavy atom. The first-order chi connectivity index (χ1) is 11.6. The summed E-state index contributed by atoms with van der Waals surface area (Å²) < 4.78 is 17.4. The molecule has 0 aliphatic heterocycles. The Balaban J connectivity index is 1.66. The summed E-state index contributed by atoms with van der Waals surface area (Å²) in [6.07, 6.45) is 6.55. The van der Waals surface area contributed by atoms with Gasteiger partial charge in [0.05, 0.1) is 6.10 Å². The van der Waals surface area contributed by atoms with Crippen LogP contribution in [-0.4, -0.2) is 22.5 Å². The van der Waals surface area contributed by atoms with Gasteiger partial charge in [0.1, 0.15) is 5.75 Å². The van der Waals surface area contributed by atoms with Crippen molar-refractivity contribution in [1.82, 2.24) is 0 Å². The van der Waals surface area contributed by atoms with Gasteiger partial charge in [-0.2, -0.15) is 0 Å².